The van der Waals surface area contributed by atoms with Gasteiger partial charge in [-0.1, -0.05) is 146 Å². The molecule has 11 rings (SSSR count). The molecule has 0 N–H and O–H groups in total. The van der Waals surface area contributed by atoms with Gasteiger partial charge in [0, 0.05) is 28.0 Å². The summed E-state index contributed by atoms with van der Waals surface area (Å²) in [7, 11) is 0. The molecule has 0 bridgehead atoms. The van der Waals surface area contributed by atoms with E-state index in [9.17, 15) is 5.26 Å². The number of para-hydroxylation sites is 1. The van der Waals surface area contributed by atoms with E-state index in [1.807, 2.05) is 24.3 Å². The predicted octanol–water partition coefficient (Wildman–Crippen LogP) is 11.4. The van der Waals surface area contributed by atoms with Gasteiger partial charge in [0.2, 0.25) is 5.71 Å². The van der Waals surface area contributed by atoms with Gasteiger partial charge in [-0.15, -0.1) is 0 Å². The van der Waals surface area contributed by atoms with E-state index >= 15 is 0 Å². The molecule has 0 spiro atoms. The molecule has 55 heavy (non-hydrogen) atoms. The Bertz CT molecular complexity index is 3210. The smallest absolute Gasteiger partial charge is 0.227 e. The fourth-order valence-electron chi connectivity index (χ4n) is 9.29. The van der Waals surface area contributed by atoms with Gasteiger partial charge in [0.15, 0.2) is 5.58 Å². The monoisotopic (exact) mass is 702 g/mol. The zero-order valence-electron chi connectivity index (χ0n) is 30.0. The van der Waals surface area contributed by atoms with Gasteiger partial charge in [-0.25, -0.2) is 4.98 Å². The Morgan fingerprint density at radius 3 is 2.04 bits per heavy atom. The maximum Gasteiger partial charge on any atom is 0.227 e. The highest BCUT2D eigenvalue weighted by molar-refractivity contribution is 6.10. The Labute approximate surface area is 318 Å². The van der Waals surface area contributed by atoms with Crippen molar-refractivity contribution in [1.29, 1.82) is 5.26 Å². The molecule has 2 heterocycles. The van der Waals surface area contributed by atoms with Crippen LogP contribution in [0.3, 0.4) is 0 Å². The summed E-state index contributed by atoms with van der Waals surface area (Å²) in [6.45, 7) is 0. The second kappa shape index (κ2) is 12.5. The molecule has 0 amide bonds. The summed E-state index contributed by atoms with van der Waals surface area (Å²) in [6.07, 6.45) is 16.0. The van der Waals surface area contributed by atoms with Gasteiger partial charge >= 0.3 is 0 Å². The lowest BCUT2D eigenvalue weighted by molar-refractivity contribution is 0.655. The highest BCUT2D eigenvalue weighted by Gasteiger charge is 2.33. The fourth-order valence-corrected chi connectivity index (χ4v) is 9.29. The van der Waals surface area contributed by atoms with Gasteiger partial charge in [-0.2, -0.15) is 5.26 Å². The van der Waals surface area contributed by atoms with Gasteiger partial charge in [0.25, 0.3) is 0 Å². The summed E-state index contributed by atoms with van der Waals surface area (Å²) in [4.78, 5) is 4.77. The highest BCUT2D eigenvalue weighted by Crippen LogP contribution is 2.44. The van der Waals surface area contributed by atoms with Crippen LogP contribution in [0.2, 0.25) is 0 Å². The van der Waals surface area contributed by atoms with Gasteiger partial charge in [-0.05, 0) is 103 Å². The number of benzene rings is 6. The second-order valence-electron chi connectivity index (χ2n) is 14.8. The lowest BCUT2D eigenvalue weighted by Crippen LogP contribution is -2.40. The van der Waals surface area contributed by atoms with Crippen LogP contribution in [0.1, 0.15) is 29.5 Å². The molecule has 0 aliphatic heterocycles. The molecule has 6 aromatic carbocycles. The third kappa shape index (κ3) is 5.07. The van der Waals surface area contributed by atoms with E-state index in [4.69, 9.17) is 9.40 Å². The first kappa shape index (κ1) is 31.5. The molecule has 8 aromatic rings. The van der Waals surface area contributed by atoms with Gasteiger partial charge in [0.05, 0.1) is 11.1 Å². The Kier molecular flexibility index (Phi) is 7.19. The molecule has 3 heteroatoms. The minimum atomic E-state index is 0.214. The van der Waals surface area contributed by atoms with Gasteiger partial charge in [-0.3, -0.25) is 0 Å². The average molecular weight is 703 g/mol. The Morgan fingerprint density at radius 2 is 1.24 bits per heavy atom. The molecule has 0 radical (unpaired) electrons. The number of fused-ring (bicyclic) bond motifs is 7. The molecule has 2 atom stereocenters. The molecule has 0 fully saturated rings. The van der Waals surface area contributed by atoms with E-state index in [1.165, 1.54) is 54.6 Å². The van der Waals surface area contributed by atoms with Crippen LogP contribution in [-0.4, -0.2) is 4.98 Å². The van der Waals surface area contributed by atoms with Crippen LogP contribution in [-0.2, 0) is 0 Å². The van der Waals surface area contributed by atoms with Crippen LogP contribution in [0.15, 0.2) is 180 Å². The predicted molar refractivity (Wildman–Crippen MR) is 225 cm³/mol. The van der Waals surface area contributed by atoms with Crippen LogP contribution < -0.4 is 10.4 Å². The Balaban J connectivity index is 1.03. The summed E-state index contributed by atoms with van der Waals surface area (Å²) >= 11 is 0. The Hall–Kier alpha value is -7.02. The molecule has 0 saturated heterocycles. The topological polar surface area (TPSA) is 49.8 Å². The molecule has 258 valence electrons. The standard InChI is InChI=1S/C52H34N2O/c53-31-39-28-38(30-46-47-29-37-11-2-8-19-48(37)54-52(47)55-51(39)46)32-20-24-35(25-21-32)49-42-14-4-6-16-44(42)50(45-17-7-5-15-43(45)49)36-26-22-34(23-27-36)41-18-9-12-33-10-1-3-13-40(33)41/h1-22,24-26,28-30,42,44H,23,27H2. The maximum atomic E-state index is 10.2. The lowest BCUT2D eigenvalue weighted by atomic mass is 9.69. The molecule has 3 nitrogen and oxygen atoms in total. The molecule has 2 aromatic heterocycles. The summed E-state index contributed by atoms with van der Waals surface area (Å²) < 4.78 is 6.19. The maximum absolute atomic E-state index is 10.2. The molecular weight excluding hydrogens is 669 g/mol. The van der Waals surface area contributed by atoms with E-state index in [0.29, 0.717) is 16.9 Å². The number of hydrogen-bond acceptors (Lipinski definition) is 3. The summed E-state index contributed by atoms with van der Waals surface area (Å²) in [5, 5.41) is 18.3. The van der Waals surface area contributed by atoms with Crippen molar-refractivity contribution in [3.05, 3.63) is 203 Å². The van der Waals surface area contributed by atoms with Crippen LogP contribution in [0, 0.1) is 23.2 Å². The average Bonchev–Trinajstić information content (AvgIpc) is 3.61. The molecule has 3 aliphatic carbocycles. The molecule has 0 saturated carbocycles. The Morgan fingerprint density at radius 1 is 0.564 bits per heavy atom. The van der Waals surface area contributed by atoms with Crippen molar-refractivity contribution in [1.82, 2.24) is 4.98 Å². The molecule has 3 aliphatic rings. The third-order valence-corrected chi connectivity index (χ3v) is 11.9. The van der Waals surface area contributed by atoms with Crippen molar-refractivity contribution in [3.63, 3.8) is 0 Å². The number of furan rings is 1. The van der Waals surface area contributed by atoms with Crippen molar-refractivity contribution < 1.29 is 4.42 Å². The van der Waals surface area contributed by atoms with Gasteiger partial charge in [0.1, 0.15) is 6.07 Å². The second-order valence-corrected chi connectivity index (χ2v) is 14.8. The van der Waals surface area contributed by atoms with Crippen LogP contribution >= 0.6 is 0 Å². The van der Waals surface area contributed by atoms with Crippen molar-refractivity contribution in [2.24, 2.45) is 11.8 Å². The van der Waals surface area contributed by atoms with E-state index in [-0.39, 0.29) is 11.8 Å². The summed E-state index contributed by atoms with van der Waals surface area (Å²) in [5.41, 5.74) is 12.7. The first-order chi connectivity index (χ1) is 27.2. The van der Waals surface area contributed by atoms with Crippen molar-refractivity contribution in [2.75, 3.05) is 0 Å². The zero-order chi connectivity index (χ0) is 36.5. The van der Waals surface area contributed by atoms with E-state index < -0.39 is 0 Å². The minimum Gasteiger partial charge on any atom is -0.436 e. The number of nitriles is 1. The normalized spacial score (nSPS) is 17.7. The molecular formula is C52H34N2O. The van der Waals surface area contributed by atoms with E-state index in [0.717, 1.165) is 45.6 Å². The quantitative estimate of drug-likeness (QED) is 0.183. The highest BCUT2D eigenvalue weighted by atomic mass is 16.3. The van der Waals surface area contributed by atoms with Crippen LogP contribution in [0.5, 0.6) is 0 Å². The van der Waals surface area contributed by atoms with Crippen molar-refractivity contribution in [2.45, 2.75) is 12.8 Å². The van der Waals surface area contributed by atoms with Gasteiger partial charge < -0.3 is 4.42 Å². The summed E-state index contributed by atoms with van der Waals surface area (Å²) in [5.74, 6) is 0.458. The fraction of sp³-hybridized carbons (Fsp3) is 0.0769. The number of nitrogens with zero attached hydrogens (tertiary/aromatic N) is 2. The first-order valence-corrected chi connectivity index (χ1v) is 19.1. The third-order valence-electron chi connectivity index (χ3n) is 11.9. The van der Waals surface area contributed by atoms with E-state index in [1.54, 1.807) is 0 Å². The summed E-state index contributed by atoms with van der Waals surface area (Å²) in [6, 6.07) is 49.9. The number of aromatic nitrogens is 1. The minimum absolute atomic E-state index is 0.214. The zero-order valence-corrected chi connectivity index (χ0v) is 30.0. The van der Waals surface area contributed by atoms with Crippen molar-refractivity contribution >= 4 is 60.5 Å². The number of hydrogen-bond donors (Lipinski definition) is 0. The van der Waals surface area contributed by atoms with Crippen molar-refractivity contribution in [3.8, 4) is 17.2 Å². The van der Waals surface area contributed by atoms with E-state index in [2.05, 4.69) is 152 Å². The first-order valence-electron chi connectivity index (χ1n) is 19.1. The number of rotatable bonds is 4. The van der Waals surface area contributed by atoms with Crippen LogP contribution in [0.25, 0.3) is 71.6 Å². The number of pyridine rings is 1. The molecule has 2 unspecified atom stereocenters. The van der Waals surface area contributed by atoms with Crippen LogP contribution in [0.4, 0.5) is 0 Å². The number of allylic oxidation sites excluding steroid dienone is 8. The largest absolute Gasteiger partial charge is 0.436 e. The lowest BCUT2D eigenvalue weighted by Gasteiger charge is -2.35. The SMILES string of the molecule is N#Cc1cc(-c2ccc(C3=c4ccccc4=C(C4=CC=C(c5cccc6ccccc56)CC4)C4C=CC=CC34)cc2)cc2c1oc1nc3ccccc3cc12.